The fourth-order valence-electron chi connectivity index (χ4n) is 2.98. The second kappa shape index (κ2) is 12.3. The highest BCUT2D eigenvalue weighted by atomic mass is 16.7. The smallest absolute Gasteiger partial charge is 0.305 e. The van der Waals surface area contributed by atoms with Crippen LogP contribution in [-0.2, 0) is 21.0 Å². The first kappa shape index (κ1) is 23.9. The topological polar surface area (TPSA) is 109 Å². The molecule has 0 unspecified atom stereocenters. The van der Waals surface area contributed by atoms with Crippen LogP contribution >= 0.6 is 0 Å². The Bertz CT molecular complexity index is 1010. The van der Waals surface area contributed by atoms with Crippen LogP contribution in [0.4, 0.5) is 0 Å². The van der Waals surface area contributed by atoms with E-state index < -0.39 is 0 Å². The van der Waals surface area contributed by atoms with Gasteiger partial charge in [-0.2, -0.15) is 5.10 Å². The number of methoxy groups -OCH3 is 2. The number of rotatable bonds is 12. The molecule has 0 aliphatic carbocycles. The molecule has 174 valence electrons. The summed E-state index contributed by atoms with van der Waals surface area (Å²) in [5, 5.41) is 5.39. The van der Waals surface area contributed by atoms with Crippen molar-refractivity contribution in [3.8, 4) is 11.7 Å². The van der Waals surface area contributed by atoms with Crippen LogP contribution in [0.2, 0.25) is 0 Å². The van der Waals surface area contributed by atoms with Gasteiger partial charge in [-0.05, 0) is 36.6 Å². The second-order valence-electron chi connectivity index (χ2n) is 7.14. The van der Waals surface area contributed by atoms with E-state index in [0.717, 1.165) is 17.7 Å². The molecule has 0 saturated carbocycles. The Morgan fingerprint density at radius 2 is 1.79 bits per heavy atom. The van der Waals surface area contributed by atoms with Gasteiger partial charge < -0.3 is 9.47 Å². The molecule has 2 aromatic heterocycles. The third kappa shape index (κ3) is 7.11. The van der Waals surface area contributed by atoms with E-state index in [1.807, 2.05) is 24.3 Å². The van der Waals surface area contributed by atoms with Crippen molar-refractivity contribution in [2.45, 2.75) is 32.3 Å². The van der Waals surface area contributed by atoms with Crippen molar-refractivity contribution in [1.29, 1.82) is 0 Å². The summed E-state index contributed by atoms with van der Waals surface area (Å²) in [6.07, 6.45) is 8.68. The normalized spacial score (nSPS) is 10.6. The largest absolute Gasteiger partial charge is 0.497 e. The van der Waals surface area contributed by atoms with Gasteiger partial charge in [-0.3, -0.25) is 14.4 Å². The average molecular weight is 453 g/mol. The van der Waals surface area contributed by atoms with Gasteiger partial charge in [0.15, 0.2) is 0 Å². The summed E-state index contributed by atoms with van der Waals surface area (Å²) < 4.78 is 11.3. The molecular weight excluding hydrogens is 426 g/mol. The number of hydroxylamine groups is 2. The lowest BCUT2D eigenvalue weighted by atomic mass is 10.2. The molecule has 0 radical (unpaired) electrons. The standard InChI is InChI=1S/C23H27N5O5/c1-31-20-10-8-18(9-11-20)17-33-28(14-5-3-4-7-21(29)32-2)22(30)19-15-24-23(25-16-19)27-13-6-12-26-27/h6,8-13,15-16H,3-5,7,14,17H2,1-2H3. The molecule has 0 atom stereocenters. The number of unbranched alkanes of at least 4 members (excludes halogenated alkanes) is 2. The number of ether oxygens (including phenoxy) is 2. The number of hydrogen-bond donors (Lipinski definition) is 0. The summed E-state index contributed by atoms with van der Waals surface area (Å²) >= 11 is 0. The van der Waals surface area contributed by atoms with E-state index in [2.05, 4.69) is 19.8 Å². The fraction of sp³-hybridized carbons (Fsp3) is 0.348. The summed E-state index contributed by atoms with van der Waals surface area (Å²) in [5.41, 5.74) is 1.19. The number of benzene rings is 1. The van der Waals surface area contributed by atoms with Crippen LogP contribution in [0, 0.1) is 0 Å². The summed E-state index contributed by atoms with van der Waals surface area (Å²) in [5.74, 6) is 0.522. The lowest BCUT2D eigenvalue weighted by molar-refractivity contribution is -0.141. The van der Waals surface area contributed by atoms with Crippen LogP contribution in [0.25, 0.3) is 5.95 Å². The van der Waals surface area contributed by atoms with Gasteiger partial charge in [0.1, 0.15) is 12.4 Å². The third-order valence-electron chi connectivity index (χ3n) is 4.84. The lowest BCUT2D eigenvalue weighted by Gasteiger charge is -2.22. The van der Waals surface area contributed by atoms with Crippen molar-refractivity contribution in [2.24, 2.45) is 0 Å². The van der Waals surface area contributed by atoms with E-state index in [1.165, 1.54) is 29.2 Å². The minimum Gasteiger partial charge on any atom is -0.497 e. The van der Waals surface area contributed by atoms with E-state index in [1.54, 1.807) is 25.6 Å². The van der Waals surface area contributed by atoms with Crippen LogP contribution in [0.5, 0.6) is 5.75 Å². The number of amides is 1. The van der Waals surface area contributed by atoms with Gasteiger partial charge in [0.25, 0.3) is 5.91 Å². The summed E-state index contributed by atoms with van der Waals surface area (Å²) in [4.78, 5) is 38.7. The van der Waals surface area contributed by atoms with Gasteiger partial charge in [-0.15, -0.1) is 0 Å². The number of nitrogens with zero attached hydrogens (tertiary/aromatic N) is 5. The number of carbonyl (C=O) groups excluding carboxylic acids is 2. The van der Waals surface area contributed by atoms with Gasteiger partial charge in [0.05, 0.1) is 19.8 Å². The first-order chi connectivity index (χ1) is 16.1. The molecule has 0 bridgehead atoms. The highest BCUT2D eigenvalue weighted by Crippen LogP contribution is 2.14. The van der Waals surface area contributed by atoms with Crippen molar-refractivity contribution in [2.75, 3.05) is 20.8 Å². The van der Waals surface area contributed by atoms with Crippen LogP contribution in [0.15, 0.2) is 55.1 Å². The molecule has 0 fully saturated rings. The molecule has 10 heteroatoms. The molecule has 0 saturated heterocycles. The molecule has 3 aromatic rings. The number of hydrogen-bond acceptors (Lipinski definition) is 8. The molecule has 0 spiro atoms. The molecule has 0 aliphatic rings. The molecule has 2 heterocycles. The van der Waals surface area contributed by atoms with E-state index in [-0.39, 0.29) is 18.5 Å². The molecule has 10 nitrogen and oxygen atoms in total. The monoisotopic (exact) mass is 453 g/mol. The van der Waals surface area contributed by atoms with Crippen molar-refractivity contribution in [3.63, 3.8) is 0 Å². The van der Waals surface area contributed by atoms with E-state index in [9.17, 15) is 9.59 Å². The predicted molar refractivity (Wildman–Crippen MR) is 118 cm³/mol. The Morgan fingerprint density at radius 3 is 2.42 bits per heavy atom. The van der Waals surface area contributed by atoms with Crippen molar-refractivity contribution < 1.29 is 23.9 Å². The molecule has 1 aromatic carbocycles. The summed E-state index contributed by atoms with van der Waals surface area (Å²) in [6, 6.07) is 9.18. The molecule has 1 amide bonds. The van der Waals surface area contributed by atoms with Crippen molar-refractivity contribution in [3.05, 3.63) is 66.2 Å². The Balaban J connectivity index is 1.63. The van der Waals surface area contributed by atoms with Crippen LogP contribution in [0.1, 0.15) is 41.6 Å². The van der Waals surface area contributed by atoms with E-state index >= 15 is 0 Å². The summed E-state index contributed by atoms with van der Waals surface area (Å²) in [6.45, 7) is 0.571. The summed E-state index contributed by atoms with van der Waals surface area (Å²) in [7, 11) is 2.97. The zero-order valence-electron chi connectivity index (χ0n) is 18.7. The minimum absolute atomic E-state index is 0.212. The molecule has 3 rings (SSSR count). The zero-order chi connectivity index (χ0) is 23.5. The van der Waals surface area contributed by atoms with Gasteiger partial charge in [-0.1, -0.05) is 18.6 Å². The van der Waals surface area contributed by atoms with E-state index in [4.69, 9.17) is 9.57 Å². The van der Waals surface area contributed by atoms with Gasteiger partial charge in [0, 0.05) is 37.8 Å². The first-order valence-corrected chi connectivity index (χ1v) is 10.6. The van der Waals surface area contributed by atoms with Gasteiger partial charge in [-0.25, -0.2) is 19.7 Å². The van der Waals surface area contributed by atoms with Crippen molar-refractivity contribution in [1.82, 2.24) is 24.8 Å². The van der Waals surface area contributed by atoms with Crippen molar-refractivity contribution >= 4 is 11.9 Å². The SMILES string of the molecule is COC(=O)CCCCCN(OCc1ccc(OC)cc1)C(=O)c1cnc(-n2cccn2)nc1. The molecule has 0 aliphatic heterocycles. The zero-order valence-corrected chi connectivity index (χ0v) is 18.7. The predicted octanol–water partition coefficient (Wildman–Crippen LogP) is 2.98. The lowest BCUT2D eigenvalue weighted by Crippen LogP contribution is -2.32. The molecule has 0 N–H and O–H groups in total. The number of carbonyl (C=O) groups is 2. The fourth-order valence-corrected chi connectivity index (χ4v) is 2.98. The average Bonchev–Trinajstić information content (AvgIpc) is 3.40. The highest BCUT2D eigenvalue weighted by Gasteiger charge is 2.18. The maximum atomic E-state index is 13.1. The van der Waals surface area contributed by atoms with Crippen LogP contribution in [-0.4, -0.2) is 57.5 Å². The van der Waals surface area contributed by atoms with Crippen LogP contribution < -0.4 is 4.74 Å². The Hall–Kier alpha value is -3.79. The Kier molecular flexibility index (Phi) is 8.89. The molecule has 33 heavy (non-hydrogen) atoms. The second-order valence-corrected chi connectivity index (χ2v) is 7.14. The Morgan fingerprint density at radius 1 is 1.03 bits per heavy atom. The van der Waals surface area contributed by atoms with Gasteiger partial charge >= 0.3 is 5.97 Å². The Labute approximate surface area is 192 Å². The van der Waals surface area contributed by atoms with Gasteiger partial charge in [0.2, 0.25) is 5.95 Å². The number of aromatic nitrogens is 4. The maximum absolute atomic E-state index is 13.1. The maximum Gasteiger partial charge on any atom is 0.305 e. The first-order valence-electron chi connectivity index (χ1n) is 10.6. The van der Waals surface area contributed by atoms with E-state index in [0.29, 0.717) is 37.3 Å². The minimum atomic E-state index is -0.344. The molecular formula is C23H27N5O5. The number of esters is 1. The van der Waals surface area contributed by atoms with Crippen LogP contribution in [0.3, 0.4) is 0 Å². The highest BCUT2D eigenvalue weighted by molar-refractivity contribution is 5.92. The quantitative estimate of drug-likeness (QED) is 0.234. The third-order valence-corrected chi connectivity index (χ3v) is 4.84.